The quantitative estimate of drug-likeness (QED) is 0.847. The maximum atomic E-state index is 5.61. The molecule has 0 spiro atoms. The lowest BCUT2D eigenvalue weighted by molar-refractivity contribution is -0.169. The average molecular weight is 272 g/mol. The second-order valence-electron chi connectivity index (χ2n) is 3.57. The third-order valence-electron chi connectivity index (χ3n) is 2.34. The van der Waals surface area contributed by atoms with Gasteiger partial charge in [0, 0.05) is 17.3 Å². The predicted octanol–water partition coefficient (Wildman–Crippen LogP) is 2.89. The van der Waals surface area contributed by atoms with Crippen molar-refractivity contribution >= 4 is 15.9 Å². The second-order valence-corrected chi connectivity index (χ2v) is 4.49. The van der Waals surface area contributed by atoms with E-state index < -0.39 is 0 Å². The summed E-state index contributed by atoms with van der Waals surface area (Å²) < 4.78 is 12.1. The molecule has 1 aliphatic heterocycles. The molecule has 2 rings (SSSR count). The summed E-state index contributed by atoms with van der Waals surface area (Å²) in [5, 5.41) is 0. The minimum absolute atomic E-state index is 0.0378. The van der Waals surface area contributed by atoms with Gasteiger partial charge in [0.15, 0.2) is 6.29 Å². The Bertz CT molecular complexity index is 296. The Morgan fingerprint density at radius 1 is 1.47 bits per heavy atom. The molecule has 0 unspecified atom stereocenters. The molecule has 0 aromatic carbocycles. The van der Waals surface area contributed by atoms with Gasteiger partial charge in [-0.15, -0.1) is 0 Å². The van der Waals surface area contributed by atoms with Gasteiger partial charge in [-0.05, 0) is 47.3 Å². The molecule has 2 heterocycles. The summed E-state index contributed by atoms with van der Waals surface area (Å²) in [5.41, 5.74) is 0.937. The third kappa shape index (κ3) is 3.55. The van der Waals surface area contributed by atoms with Crippen LogP contribution >= 0.6 is 15.9 Å². The first kappa shape index (κ1) is 11.0. The van der Waals surface area contributed by atoms with Crippen LogP contribution in [0.3, 0.4) is 0 Å². The molecule has 0 bridgehead atoms. The van der Waals surface area contributed by atoms with Crippen molar-refractivity contribution in [1.29, 1.82) is 0 Å². The fourth-order valence-electron chi connectivity index (χ4n) is 1.51. The standard InChI is InChI=1S/C11H14BrNO2/c12-9-4-5-10(13-7-9)8-15-11-3-1-2-6-14-11/h4-5,7,11H,1-3,6,8H2/t11-/m1/s1. The van der Waals surface area contributed by atoms with Gasteiger partial charge >= 0.3 is 0 Å². The van der Waals surface area contributed by atoms with Gasteiger partial charge < -0.3 is 9.47 Å². The molecule has 1 fully saturated rings. The Morgan fingerprint density at radius 3 is 3.07 bits per heavy atom. The zero-order valence-corrected chi connectivity index (χ0v) is 10.1. The molecular formula is C11H14BrNO2. The van der Waals surface area contributed by atoms with Crippen molar-refractivity contribution in [3.63, 3.8) is 0 Å². The van der Waals surface area contributed by atoms with Gasteiger partial charge in [0.25, 0.3) is 0 Å². The first-order chi connectivity index (χ1) is 7.34. The van der Waals surface area contributed by atoms with Crippen LogP contribution in [-0.2, 0) is 16.1 Å². The molecule has 0 saturated carbocycles. The van der Waals surface area contributed by atoms with Crippen molar-refractivity contribution in [3.8, 4) is 0 Å². The van der Waals surface area contributed by atoms with Gasteiger partial charge in [-0.25, -0.2) is 0 Å². The summed E-state index contributed by atoms with van der Waals surface area (Å²) in [5.74, 6) is 0. The van der Waals surface area contributed by atoms with E-state index in [4.69, 9.17) is 9.47 Å². The lowest BCUT2D eigenvalue weighted by atomic mass is 10.2. The highest BCUT2D eigenvalue weighted by molar-refractivity contribution is 9.10. The van der Waals surface area contributed by atoms with Gasteiger partial charge in [-0.1, -0.05) is 0 Å². The Morgan fingerprint density at radius 2 is 2.40 bits per heavy atom. The number of aromatic nitrogens is 1. The molecule has 1 saturated heterocycles. The second kappa shape index (κ2) is 5.58. The van der Waals surface area contributed by atoms with Crippen molar-refractivity contribution in [1.82, 2.24) is 4.98 Å². The van der Waals surface area contributed by atoms with Crippen molar-refractivity contribution in [3.05, 3.63) is 28.5 Å². The molecule has 0 radical (unpaired) electrons. The molecule has 1 atom stereocenters. The van der Waals surface area contributed by atoms with Crippen LogP contribution in [-0.4, -0.2) is 17.9 Å². The Kier molecular flexibility index (Phi) is 4.11. The molecule has 3 nitrogen and oxygen atoms in total. The highest BCUT2D eigenvalue weighted by Crippen LogP contribution is 2.15. The van der Waals surface area contributed by atoms with Crippen molar-refractivity contribution < 1.29 is 9.47 Å². The van der Waals surface area contributed by atoms with Crippen LogP contribution in [0.4, 0.5) is 0 Å². The number of rotatable bonds is 3. The van der Waals surface area contributed by atoms with Crippen molar-refractivity contribution in [2.45, 2.75) is 32.2 Å². The Balaban J connectivity index is 1.79. The number of halogens is 1. The number of pyridine rings is 1. The number of nitrogens with zero attached hydrogens (tertiary/aromatic N) is 1. The number of ether oxygens (including phenoxy) is 2. The minimum atomic E-state index is -0.0378. The minimum Gasteiger partial charge on any atom is -0.353 e. The molecular weight excluding hydrogens is 258 g/mol. The van der Waals surface area contributed by atoms with Crippen LogP contribution in [0.25, 0.3) is 0 Å². The predicted molar refractivity (Wildman–Crippen MR) is 60.3 cm³/mol. The van der Waals surface area contributed by atoms with E-state index in [0.717, 1.165) is 29.6 Å². The van der Waals surface area contributed by atoms with Crippen LogP contribution in [0.15, 0.2) is 22.8 Å². The van der Waals surface area contributed by atoms with Crippen LogP contribution in [0.1, 0.15) is 25.0 Å². The van der Waals surface area contributed by atoms with Gasteiger partial charge in [0.1, 0.15) is 0 Å². The van der Waals surface area contributed by atoms with E-state index in [1.807, 2.05) is 12.1 Å². The topological polar surface area (TPSA) is 31.4 Å². The summed E-state index contributed by atoms with van der Waals surface area (Å²) in [4.78, 5) is 4.24. The Hall–Kier alpha value is -0.450. The molecule has 82 valence electrons. The smallest absolute Gasteiger partial charge is 0.158 e. The summed E-state index contributed by atoms with van der Waals surface area (Å²) in [6.45, 7) is 1.34. The molecule has 0 N–H and O–H groups in total. The number of hydrogen-bond acceptors (Lipinski definition) is 3. The van der Waals surface area contributed by atoms with Crippen LogP contribution in [0.5, 0.6) is 0 Å². The molecule has 0 aliphatic carbocycles. The van der Waals surface area contributed by atoms with E-state index in [-0.39, 0.29) is 6.29 Å². The average Bonchev–Trinajstić information content (AvgIpc) is 2.30. The summed E-state index contributed by atoms with van der Waals surface area (Å²) in [6.07, 6.45) is 5.08. The van der Waals surface area contributed by atoms with Crippen LogP contribution in [0.2, 0.25) is 0 Å². The molecule has 1 aromatic heterocycles. The lowest BCUT2D eigenvalue weighted by Gasteiger charge is -2.22. The van der Waals surface area contributed by atoms with E-state index in [0.29, 0.717) is 6.61 Å². The van der Waals surface area contributed by atoms with Crippen LogP contribution in [0, 0.1) is 0 Å². The zero-order valence-electron chi connectivity index (χ0n) is 8.49. The molecule has 1 aliphatic rings. The molecule has 15 heavy (non-hydrogen) atoms. The Labute approximate surface area is 97.9 Å². The monoisotopic (exact) mass is 271 g/mol. The maximum absolute atomic E-state index is 5.61. The van der Waals surface area contributed by atoms with E-state index in [1.165, 1.54) is 6.42 Å². The SMILES string of the molecule is Brc1ccc(CO[C@@H]2CCCCO2)nc1. The largest absolute Gasteiger partial charge is 0.353 e. The fourth-order valence-corrected chi connectivity index (χ4v) is 1.75. The van der Waals surface area contributed by atoms with Gasteiger partial charge in [0.2, 0.25) is 0 Å². The zero-order chi connectivity index (χ0) is 10.5. The van der Waals surface area contributed by atoms with Gasteiger partial charge in [0.05, 0.1) is 12.3 Å². The summed E-state index contributed by atoms with van der Waals surface area (Å²) >= 11 is 3.35. The maximum Gasteiger partial charge on any atom is 0.158 e. The van der Waals surface area contributed by atoms with Crippen LogP contribution < -0.4 is 0 Å². The van der Waals surface area contributed by atoms with Crippen molar-refractivity contribution in [2.75, 3.05) is 6.61 Å². The third-order valence-corrected chi connectivity index (χ3v) is 2.81. The lowest BCUT2D eigenvalue weighted by Crippen LogP contribution is -2.22. The highest BCUT2D eigenvalue weighted by Gasteiger charge is 2.13. The number of hydrogen-bond donors (Lipinski definition) is 0. The molecule has 1 aromatic rings. The first-order valence-corrected chi connectivity index (χ1v) is 5.97. The van der Waals surface area contributed by atoms with E-state index >= 15 is 0 Å². The first-order valence-electron chi connectivity index (χ1n) is 5.18. The molecule has 0 amide bonds. The highest BCUT2D eigenvalue weighted by atomic mass is 79.9. The summed E-state index contributed by atoms with van der Waals surface area (Å²) in [6, 6.07) is 3.92. The van der Waals surface area contributed by atoms with E-state index in [9.17, 15) is 0 Å². The fraction of sp³-hybridized carbons (Fsp3) is 0.545. The normalized spacial score (nSPS) is 21.5. The van der Waals surface area contributed by atoms with Gasteiger partial charge in [-0.2, -0.15) is 0 Å². The van der Waals surface area contributed by atoms with E-state index in [1.54, 1.807) is 6.20 Å². The van der Waals surface area contributed by atoms with Gasteiger partial charge in [-0.3, -0.25) is 4.98 Å². The van der Waals surface area contributed by atoms with E-state index in [2.05, 4.69) is 20.9 Å². The van der Waals surface area contributed by atoms with Crippen molar-refractivity contribution in [2.24, 2.45) is 0 Å². The summed E-state index contributed by atoms with van der Waals surface area (Å²) in [7, 11) is 0. The molecule has 4 heteroatoms.